The number of allylic oxidation sites excluding steroid dienone is 4. The Labute approximate surface area is 68.8 Å². The van der Waals surface area contributed by atoms with Crippen molar-refractivity contribution < 1.29 is 4.79 Å². The molecule has 0 N–H and O–H groups in total. The van der Waals surface area contributed by atoms with Gasteiger partial charge in [0.2, 0.25) is 6.29 Å². The Balaban J connectivity index is 3.15. The summed E-state index contributed by atoms with van der Waals surface area (Å²) in [7, 11) is 0. The van der Waals surface area contributed by atoms with Crippen LogP contribution in [0.2, 0.25) is 0 Å². The van der Waals surface area contributed by atoms with Gasteiger partial charge in [0.25, 0.3) is 0 Å². The summed E-state index contributed by atoms with van der Waals surface area (Å²) in [5, 5.41) is 0. The maximum atomic E-state index is 9.70. The number of hydrogen-bond donors (Lipinski definition) is 0. The van der Waals surface area contributed by atoms with E-state index in [4.69, 9.17) is 0 Å². The standard InChI is InChI=1S/C10H15O/c1-2-3-4-5-6-7-8-9-10-11/h5-6,8-9H,2-4,7H2,1H3. The van der Waals surface area contributed by atoms with E-state index in [0.717, 1.165) is 12.8 Å². The average molecular weight is 151 g/mol. The maximum absolute atomic E-state index is 9.70. The summed E-state index contributed by atoms with van der Waals surface area (Å²) in [6, 6.07) is 0. The van der Waals surface area contributed by atoms with Crippen LogP contribution in [0.3, 0.4) is 0 Å². The van der Waals surface area contributed by atoms with E-state index < -0.39 is 0 Å². The molecule has 1 heteroatoms. The SMILES string of the molecule is CCCCC=CCC=C[C]=O. The molecule has 0 aliphatic heterocycles. The molecule has 0 saturated heterocycles. The van der Waals surface area contributed by atoms with Gasteiger partial charge < -0.3 is 0 Å². The highest BCUT2D eigenvalue weighted by Gasteiger charge is 1.76. The molecule has 0 unspecified atom stereocenters. The third-order valence-electron chi connectivity index (χ3n) is 1.35. The van der Waals surface area contributed by atoms with Crippen molar-refractivity contribution in [2.24, 2.45) is 0 Å². The summed E-state index contributed by atoms with van der Waals surface area (Å²) >= 11 is 0. The van der Waals surface area contributed by atoms with Crippen LogP contribution in [0.4, 0.5) is 0 Å². The van der Waals surface area contributed by atoms with Crippen molar-refractivity contribution in [2.75, 3.05) is 0 Å². The van der Waals surface area contributed by atoms with E-state index >= 15 is 0 Å². The first-order chi connectivity index (χ1) is 5.41. The summed E-state index contributed by atoms with van der Waals surface area (Å²) in [5.41, 5.74) is 0. The van der Waals surface area contributed by atoms with Crippen molar-refractivity contribution in [3.63, 3.8) is 0 Å². The lowest BCUT2D eigenvalue weighted by Crippen LogP contribution is -1.66. The van der Waals surface area contributed by atoms with Gasteiger partial charge in [0, 0.05) is 0 Å². The molecule has 0 atom stereocenters. The minimum Gasteiger partial charge on any atom is -0.286 e. The first kappa shape index (κ1) is 10.2. The molecule has 0 aromatic heterocycles. The van der Waals surface area contributed by atoms with Crippen molar-refractivity contribution in [3.8, 4) is 0 Å². The van der Waals surface area contributed by atoms with Crippen molar-refractivity contribution in [3.05, 3.63) is 24.3 Å². The first-order valence-electron chi connectivity index (χ1n) is 4.09. The Morgan fingerprint density at radius 2 is 2.09 bits per heavy atom. The minimum absolute atomic E-state index is 0.846. The molecule has 0 rings (SSSR count). The van der Waals surface area contributed by atoms with Gasteiger partial charge in [-0.15, -0.1) is 0 Å². The van der Waals surface area contributed by atoms with Gasteiger partial charge in [-0.3, -0.25) is 4.79 Å². The van der Waals surface area contributed by atoms with Crippen LogP contribution in [0.25, 0.3) is 0 Å². The lowest BCUT2D eigenvalue weighted by Gasteiger charge is -1.86. The third kappa shape index (κ3) is 9.15. The normalized spacial score (nSPS) is 11.4. The third-order valence-corrected chi connectivity index (χ3v) is 1.35. The van der Waals surface area contributed by atoms with Gasteiger partial charge in [-0.05, 0) is 18.9 Å². The number of carbonyl (C=O) groups excluding carboxylic acids is 1. The number of unbranched alkanes of at least 4 members (excludes halogenated alkanes) is 2. The fourth-order valence-corrected chi connectivity index (χ4v) is 0.731. The van der Waals surface area contributed by atoms with E-state index in [0.29, 0.717) is 0 Å². The van der Waals surface area contributed by atoms with Crippen LogP contribution in [0.1, 0.15) is 32.6 Å². The second kappa shape index (κ2) is 9.15. The molecule has 0 aromatic carbocycles. The fourth-order valence-electron chi connectivity index (χ4n) is 0.731. The lowest BCUT2D eigenvalue weighted by atomic mass is 10.2. The zero-order valence-corrected chi connectivity index (χ0v) is 7.05. The van der Waals surface area contributed by atoms with E-state index in [9.17, 15) is 4.79 Å². The lowest BCUT2D eigenvalue weighted by molar-refractivity contribution is 0.564. The smallest absolute Gasteiger partial charge is 0.225 e. The average Bonchev–Trinajstić information content (AvgIpc) is 2.03. The number of hydrogen-bond acceptors (Lipinski definition) is 1. The Hall–Kier alpha value is -0.850. The van der Waals surface area contributed by atoms with Crippen molar-refractivity contribution >= 4 is 6.29 Å². The molecule has 61 valence electrons. The number of rotatable bonds is 6. The van der Waals surface area contributed by atoms with Gasteiger partial charge in [-0.25, -0.2) is 0 Å². The molecule has 0 bridgehead atoms. The molecule has 0 fully saturated rings. The highest BCUT2D eigenvalue weighted by atomic mass is 16.1. The van der Waals surface area contributed by atoms with Gasteiger partial charge in [0.1, 0.15) is 0 Å². The minimum atomic E-state index is 0.846. The van der Waals surface area contributed by atoms with E-state index in [-0.39, 0.29) is 0 Å². The van der Waals surface area contributed by atoms with Gasteiger partial charge in [0.15, 0.2) is 0 Å². The van der Waals surface area contributed by atoms with E-state index in [1.165, 1.54) is 18.9 Å². The fraction of sp³-hybridized carbons (Fsp3) is 0.500. The van der Waals surface area contributed by atoms with Gasteiger partial charge >= 0.3 is 0 Å². The summed E-state index contributed by atoms with van der Waals surface area (Å²) < 4.78 is 0. The molecule has 0 aromatic rings. The van der Waals surface area contributed by atoms with E-state index in [1.54, 1.807) is 12.4 Å². The van der Waals surface area contributed by atoms with Crippen molar-refractivity contribution in [1.82, 2.24) is 0 Å². The van der Waals surface area contributed by atoms with Crippen LogP contribution in [0, 0.1) is 0 Å². The van der Waals surface area contributed by atoms with Crippen LogP contribution in [-0.4, -0.2) is 6.29 Å². The van der Waals surface area contributed by atoms with Gasteiger partial charge in [-0.1, -0.05) is 38.0 Å². The highest BCUT2D eigenvalue weighted by Crippen LogP contribution is 1.96. The molecule has 11 heavy (non-hydrogen) atoms. The molecule has 0 saturated carbocycles. The molecule has 0 amide bonds. The van der Waals surface area contributed by atoms with Crippen LogP contribution < -0.4 is 0 Å². The molecule has 0 aliphatic carbocycles. The van der Waals surface area contributed by atoms with E-state index in [2.05, 4.69) is 19.1 Å². The molecular weight excluding hydrogens is 136 g/mol. The monoisotopic (exact) mass is 151 g/mol. The van der Waals surface area contributed by atoms with Crippen molar-refractivity contribution in [2.45, 2.75) is 32.6 Å². The van der Waals surface area contributed by atoms with Crippen LogP contribution in [-0.2, 0) is 4.79 Å². The molecule has 0 spiro atoms. The Bertz CT molecular complexity index is 134. The van der Waals surface area contributed by atoms with Crippen LogP contribution in [0.5, 0.6) is 0 Å². The molecule has 1 radical (unpaired) electrons. The zero-order chi connectivity index (χ0) is 8.36. The highest BCUT2D eigenvalue weighted by molar-refractivity contribution is 5.65. The maximum Gasteiger partial charge on any atom is 0.225 e. The zero-order valence-electron chi connectivity index (χ0n) is 7.05. The first-order valence-corrected chi connectivity index (χ1v) is 4.09. The predicted octanol–water partition coefficient (Wildman–Crippen LogP) is 2.79. The van der Waals surface area contributed by atoms with Crippen LogP contribution in [0.15, 0.2) is 24.3 Å². The molecule has 0 aliphatic rings. The van der Waals surface area contributed by atoms with Gasteiger partial charge in [0.05, 0.1) is 0 Å². The van der Waals surface area contributed by atoms with Crippen molar-refractivity contribution in [1.29, 1.82) is 0 Å². The molecule has 1 nitrogen and oxygen atoms in total. The molecule has 0 heterocycles. The summed E-state index contributed by atoms with van der Waals surface area (Å²) in [6.45, 7) is 2.18. The van der Waals surface area contributed by atoms with Gasteiger partial charge in [-0.2, -0.15) is 0 Å². The summed E-state index contributed by atoms with van der Waals surface area (Å²) in [5.74, 6) is 0. The quantitative estimate of drug-likeness (QED) is 0.324. The Morgan fingerprint density at radius 1 is 1.27 bits per heavy atom. The second-order valence-corrected chi connectivity index (χ2v) is 2.37. The Kier molecular flexibility index (Phi) is 8.44. The predicted molar refractivity (Wildman–Crippen MR) is 48.1 cm³/mol. The summed E-state index contributed by atoms with van der Waals surface area (Å²) in [4.78, 5) is 9.70. The topological polar surface area (TPSA) is 17.1 Å². The second-order valence-electron chi connectivity index (χ2n) is 2.37. The Morgan fingerprint density at radius 3 is 2.73 bits per heavy atom. The summed E-state index contributed by atoms with van der Waals surface area (Å²) in [6.07, 6.45) is 13.6. The largest absolute Gasteiger partial charge is 0.286 e. The van der Waals surface area contributed by atoms with E-state index in [1.807, 2.05) is 0 Å². The van der Waals surface area contributed by atoms with Crippen LogP contribution >= 0.6 is 0 Å². The molecular formula is C10H15O.